The molecule has 0 saturated heterocycles. The van der Waals surface area contributed by atoms with Gasteiger partial charge in [0.15, 0.2) is 34.2 Å². The molecule has 0 bridgehead atoms. The number of aromatic nitrogens is 6. The number of hydrogen-bond acceptors (Lipinski definition) is 16. The number of nitrogens with zero attached hydrogens (tertiary/aromatic N) is 16. The molecule has 0 radical (unpaired) electrons. The van der Waals surface area contributed by atoms with Crippen molar-refractivity contribution >= 4 is 23.3 Å². The number of nitriles is 6. The third kappa shape index (κ3) is 4.03. The molecule has 6 heterocycles. The van der Waals surface area contributed by atoms with Gasteiger partial charge in [-0.25, -0.2) is 9.13 Å². The minimum atomic E-state index is -2.92. The molecule has 4 aromatic rings. The van der Waals surface area contributed by atoms with Gasteiger partial charge in [0.05, 0.1) is 0 Å². The molecule has 0 amide bonds. The summed E-state index contributed by atoms with van der Waals surface area (Å²) >= 11 is 0. The van der Waals surface area contributed by atoms with Gasteiger partial charge in [0, 0.05) is 24.2 Å². The van der Waals surface area contributed by atoms with Crippen LogP contribution in [0.15, 0.2) is 30.0 Å². The summed E-state index contributed by atoms with van der Waals surface area (Å²) < 4.78 is 17.0. The van der Waals surface area contributed by atoms with Gasteiger partial charge in [0.25, 0.3) is 23.0 Å². The fraction of sp³-hybridized carbons (Fsp3) is 0.241. The van der Waals surface area contributed by atoms with Crippen molar-refractivity contribution in [1.82, 2.24) is 28.2 Å². The van der Waals surface area contributed by atoms with Crippen LogP contribution in [0.1, 0.15) is 58.9 Å². The predicted molar refractivity (Wildman–Crippen MR) is 158 cm³/mol. The normalized spacial score (nSPS) is 15.0. The van der Waals surface area contributed by atoms with Gasteiger partial charge in [-0.15, -0.1) is 20.5 Å². The van der Waals surface area contributed by atoms with Crippen LogP contribution in [0.25, 0.3) is 0 Å². The second-order valence-corrected chi connectivity index (χ2v) is 10.1. The summed E-state index contributed by atoms with van der Waals surface area (Å²) in [6.45, 7) is 5.68. The first-order valence-electron chi connectivity index (χ1n) is 14.0. The number of imidazole rings is 2. The molecule has 0 aromatic carbocycles. The molecular weight excluding hydrogens is 636 g/mol. The highest BCUT2D eigenvalue weighted by molar-refractivity contribution is 5.63. The van der Waals surface area contributed by atoms with Crippen LogP contribution in [-0.4, -0.2) is 28.2 Å². The highest BCUT2D eigenvalue weighted by Gasteiger charge is 2.53. The average molecular weight is 653 g/mol. The molecule has 0 aliphatic carbocycles. The molecule has 0 saturated carbocycles. The van der Waals surface area contributed by atoms with Gasteiger partial charge in [0.1, 0.15) is 47.5 Å². The molecule has 6 rings (SSSR count). The van der Waals surface area contributed by atoms with E-state index in [1.54, 1.807) is 26.0 Å². The minimum Gasteiger partial charge on any atom is -0.398 e. The predicted octanol–water partition coefficient (Wildman–Crippen LogP) is 3.02. The Hall–Kier alpha value is -7.94. The zero-order chi connectivity index (χ0) is 35.4. The first-order chi connectivity index (χ1) is 23.6. The zero-order valence-corrected chi connectivity index (χ0v) is 25.7. The minimum absolute atomic E-state index is 0.0158. The third-order valence-electron chi connectivity index (χ3n) is 7.78. The fourth-order valence-corrected chi connectivity index (χ4v) is 5.46. The molecule has 1 spiro atoms. The van der Waals surface area contributed by atoms with Gasteiger partial charge < -0.3 is 9.47 Å². The molecule has 236 valence electrons. The van der Waals surface area contributed by atoms with Crippen molar-refractivity contribution in [3.05, 3.63) is 65.7 Å². The monoisotopic (exact) mass is 652 g/mol. The summed E-state index contributed by atoms with van der Waals surface area (Å²) in [6, 6.07) is 8.02. The van der Waals surface area contributed by atoms with E-state index in [0.717, 1.165) is 18.3 Å². The van der Waals surface area contributed by atoms with Crippen LogP contribution >= 0.6 is 0 Å². The van der Waals surface area contributed by atoms with Crippen molar-refractivity contribution < 1.29 is 9.47 Å². The van der Waals surface area contributed by atoms with Crippen LogP contribution < -0.4 is 20.6 Å². The van der Waals surface area contributed by atoms with E-state index in [-0.39, 0.29) is 46.7 Å². The van der Waals surface area contributed by atoms with Gasteiger partial charge >= 0.3 is 6.03 Å². The third-order valence-corrected chi connectivity index (χ3v) is 7.78. The van der Waals surface area contributed by atoms with Crippen LogP contribution in [0.4, 0.5) is 23.3 Å². The van der Waals surface area contributed by atoms with E-state index in [1.807, 2.05) is 24.3 Å². The quantitative estimate of drug-likeness (QED) is 0.302. The maximum Gasteiger partial charge on any atom is 0.452 e. The van der Waals surface area contributed by atoms with Gasteiger partial charge in [-0.05, 0) is 27.7 Å². The van der Waals surface area contributed by atoms with Crippen LogP contribution in [0, 0.1) is 81.8 Å². The Balaban J connectivity index is 1.95. The van der Waals surface area contributed by atoms with Crippen LogP contribution in [0.2, 0.25) is 0 Å². The Labute approximate surface area is 273 Å². The molecule has 2 aliphatic heterocycles. The molecule has 0 unspecified atom stereocenters. The maximum absolute atomic E-state index is 13.6. The number of ether oxygens (including phenoxy) is 2. The molecule has 20 nitrogen and oxygen atoms in total. The molecule has 49 heavy (non-hydrogen) atoms. The smallest absolute Gasteiger partial charge is 0.398 e. The first kappa shape index (κ1) is 31.1. The van der Waals surface area contributed by atoms with Crippen LogP contribution in [0.3, 0.4) is 0 Å². The van der Waals surface area contributed by atoms with E-state index in [0.29, 0.717) is 0 Å². The largest absolute Gasteiger partial charge is 0.452 e. The number of azo groups is 2. The second-order valence-electron chi connectivity index (χ2n) is 10.1. The van der Waals surface area contributed by atoms with Crippen molar-refractivity contribution in [2.75, 3.05) is 0 Å². The molecule has 2 aliphatic rings. The standard InChI is InChI=1S/C29H16N16O4/c1-5-42-23(46)15(7-30)13(3)21-25(42)48-29(44-19(11-34)17(9-32)36-27(44)40-38-21)45-20(12-35)18(10-33)37-28(45)41-39-22-14(4)16(8-31)24(47)43(6-2)26(22)49-29/h5-6H2,1-4H3. The van der Waals surface area contributed by atoms with E-state index < -0.39 is 63.6 Å². The molecular formula is C29H16N16O4. The molecule has 0 atom stereocenters. The van der Waals surface area contributed by atoms with Gasteiger partial charge in [-0.1, -0.05) is 0 Å². The van der Waals surface area contributed by atoms with Crippen molar-refractivity contribution in [3.63, 3.8) is 0 Å². The van der Waals surface area contributed by atoms with E-state index in [2.05, 4.69) is 30.4 Å². The summed E-state index contributed by atoms with van der Waals surface area (Å²) in [6.07, 6.45) is 0. The Bertz CT molecular complexity index is 2440. The van der Waals surface area contributed by atoms with Gasteiger partial charge in [0.2, 0.25) is 11.8 Å². The lowest BCUT2D eigenvalue weighted by atomic mass is 10.1. The Kier molecular flexibility index (Phi) is 7.06. The Morgan fingerprint density at radius 2 is 1.00 bits per heavy atom. The van der Waals surface area contributed by atoms with Crippen molar-refractivity contribution in [2.45, 2.75) is 46.8 Å². The summed E-state index contributed by atoms with van der Waals surface area (Å²) in [4.78, 5) is 35.5. The summed E-state index contributed by atoms with van der Waals surface area (Å²) in [7, 11) is 0. The summed E-state index contributed by atoms with van der Waals surface area (Å²) in [5, 5.41) is 77.3. The number of fused-ring (bicyclic) bond motifs is 6. The molecule has 4 aromatic heterocycles. The first-order valence-corrected chi connectivity index (χ1v) is 14.0. The number of pyridine rings is 2. The van der Waals surface area contributed by atoms with Crippen LogP contribution in [0.5, 0.6) is 11.8 Å². The highest BCUT2D eigenvalue weighted by atomic mass is 16.7. The van der Waals surface area contributed by atoms with E-state index in [9.17, 15) is 41.2 Å². The number of rotatable bonds is 2. The van der Waals surface area contributed by atoms with Gasteiger partial charge in [-0.3, -0.25) is 18.7 Å². The fourth-order valence-electron chi connectivity index (χ4n) is 5.46. The molecule has 0 N–H and O–H groups in total. The van der Waals surface area contributed by atoms with Crippen LogP contribution in [-0.2, 0) is 19.1 Å². The van der Waals surface area contributed by atoms with Crippen molar-refractivity contribution in [3.8, 4) is 48.2 Å². The Morgan fingerprint density at radius 3 is 1.31 bits per heavy atom. The number of hydrogen-bond donors (Lipinski definition) is 0. The van der Waals surface area contributed by atoms with E-state index >= 15 is 0 Å². The average Bonchev–Trinajstić information content (AvgIpc) is 3.64. The maximum atomic E-state index is 13.6. The van der Waals surface area contributed by atoms with Gasteiger partial charge in [-0.2, -0.15) is 41.5 Å². The highest BCUT2D eigenvalue weighted by Crippen LogP contribution is 2.47. The topological polar surface area (TPSA) is 290 Å². The zero-order valence-electron chi connectivity index (χ0n) is 25.7. The SMILES string of the molecule is CCn1c2c(c(C)c(C#N)c1=O)N=Nc1nc(C#N)c(C#N)n1C1(O2)Oc2c(c(C)c(C#N)c(=O)n2CC)N=Nc2nc(C#N)c(C#N)n21. The van der Waals surface area contributed by atoms with E-state index in [4.69, 9.17) is 9.47 Å². The van der Waals surface area contributed by atoms with E-state index in [1.165, 1.54) is 13.8 Å². The summed E-state index contributed by atoms with van der Waals surface area (Å²) in [5.41, 5.74) is -4.71. The summed E-state index contributed by atoms with van der Waals surface area (Å²) in [5.74, 6) is -1.87. The second kappa shape index (κ2) is 11.1. The van der Waals surface area contributed by atoms with Crippen molar-refractivity contribution in [2.24, 2.45) is 20.5 Å². The lowest BCUT2D eigenvalue weighted by Crippen LogP contribution is -2.54. The lowest BCUT2D eigenvalue weighted by molar-refractivity contribution is -0.212. The molecule has 20 heteroatoms. The Morgan fingerprint density at radius 1 is 0.612 bits per heavy atom. The van der Waals surface area contributed by atoms with Crippen molar-refractivity contribution in [1.29, 1.82) is 31.6 Å². The lowest BCUT2D eigenvalue weighted by Gasteiger charge is -2.38. The molecule has 0 fully saturated rings.